The van der Waals surface area contributed by atoms with Gasteiger partial charge < -0.3 is 11.1 Å². The molecule has 3 heteroatoms. The fourth-order valence-corrected chi connectivity index (χ4v) is 3.25. The minimum absolute atomic E-state index is 0.0209. The van der Waals surface area contributed by atoms with E-state index in [0.29, 0.717) is 23.3 Å². The molecule has 1 aliphatic carbocycles. The van der Waals surface area contributed by atoms with Crippen molar-refractivity contribution in [2.45, 2.75) is 34.1 Å². The third kappa shape index (κ3) is 2.47. The molecule has 1 fully saturated rings. The predicted molar refractivity (Wildman–Crippen MR) is 82.6 cm³/mol. The SMILES string of the molecule is CC1(C)C(CNC(=O)c2ccccc2CCN)C1(C)C. The van der Waals surface area contributed by atoms with Gasteiger partial charge in [-0.05, 0) is 41.3 Å². The summed E-state index contributed by atoms with van der Waals surface area (Å²) in [7, 11) is 0. The van der Waals surface area contributed by atoms with Crippen LogP contribution in [0.25, 0.3) is 0 Å². The molecule has 1 aromatic carbocycles. The van der Waals surface area contributed by atoms with Gasteiger partial charge in [0.25, 0.3) is 5.91 Å². The Kier molecular flexibility index (Phi) is 3.92. The van der Waals surface area contributed by atoms with E-state index < -0.39 is 0 Å². The van der Waals surface area contributed by atoms with Crippen molar-refractivity contribution in [1.82, 2.24) is 5.32 Å². The molecule has 110 valence electrons. The second-order valence-electron chi connectivity index (χ2n) is 6.90. The van der Waals surface area contributed by atoms with Crippen molar-refractivity contribution in [2.75, 3.05) is 13.1 Å². The van der Waals surface area contributed by atoms with Crippen molar-refractivity contribution in [3.63, 3.8) is 0 Å². The number of carbonyl (C=O) groups excluding carboxylic acids is 1. The van der Waals surface area contributed by atoms with Gasteiger partial charge in [0.15, 0.2) is 0 Å². The van der Waals surface area contributed by atoms with Gasteiger partial charge in [0, 0.05) is 12.1 Å². The molecule has 1 saturated carbocycles. The van der Waals surface area contributed by atoms with Gasteiger partial charge in [-0.25, -0.2) is 0 Å². The summed E-state index contributed by atoms with van der Waals surface area (Å²) in [6, 6.07) is 7.71. The summed E-state index contributed by atoms with van der Waals surface area (Å²) >= 11 is 0. The van der Waals surface area contributed by atoms with Gasteiger partial charge >= 0.3 is 0 Å². The topological polar surface area (TPSA) is 55.1 Å². The lowest BCUT2D eigenvalue weighted by molar-refractivity contribution is 0.0949. The molecule has 0 aliphatic heterocycles. The van der Waals surface area contributed by atoms with Gasteiger partial charge in [-0.1, -0.05) is 45.9 Å². The molecule has 1 aliphatic rings. The summed E-state index contributed by atoms with van der Waals surface area (Å²) in [4.78, 5) is 12.3. The largest absolute Gasteiger partial charge is 0.352 e. The van der Waals surface area contributed by atoms with Crippen molar-refractivity contribution in [3.05, 3.63) is 35.4 Å². The first-order chi connectivity index (χ1) is 9.32. The van der Waals surface area contributed by atoms with Crippen LogP contribution < -0.4 is 11.1 Å². The van der Waals surface area contributed by atoms with Gasteiger partial charge in [-0.3, -0.25) is 4.79 Å². The number of hydrogen-bond acceptors (Lipinski definition) is 2. The van der Waals surface area contributed by atoms with Crippen molar-refractivity contribution in [1.29, 1.82) is 0 Å². The molecule has 0 atom stereocenters. The predicted octanol–water partition coefficient (Wildman–Crippen LogP) is 2.60. The van der Waals surface area contributed by atoms with E-state index in [0.717, 1.165) is 24.1 Å². The zero-order valence-corrected chi connectivity index (χ0v) is 13.0. The average molecular weight is 274 g/mol. The lowest BCUT2D eigenvalue weighted by Gasteiger charge is -2.10. The Morgan fingerprint density at radius 3 is 2.35 bits per heavy atom. The second kappa shape index (κ2) is 5.21. The highest BCUT2D eigenvalue weighted by molar-refractivity contribution is 5.95. The number of carbonyl (C=O) groups is 1. The molecule has 0 saturated heterocycles. The Labute approximate surface area is 121 Å². The third-order valence-corrected chi connectivity index (χ3v) is 5.46. The van der Waals surface area contributed by atoms with Gasteiger partial charge in [0.2, 0.25) is 0 Å². The summed E-state index contributed by atoms with van der Waals surface area (Å²) in [6.45, 7) is 10.4. The first kappa shape index (κ1) is 15.0. The first-order valence-corrected chi connectivity index (χ1v) is 7.38. The minimum Gasteiger partial charge on any atom is -0.352 e. The van der Waals surface area contributed by atoms with Crippen LogP contribution in [0.1, 0.15) is 43.6 Å². The zero-order valence-electron chi connectivity index (χ0n) is 13.0. The summed E-state index contributed by atoms with van der Waals surface area (Å²) in [5.41, 5.74) is 7.99. The molecule has 20 heavy (non-hydrogen) atoms. The highest BCUT2D eigenvalue weighted by atomic mass is 16.1. The second-order valence-corrected chi connectivity index (χ2v) is 6.90. The van der Waals surface area contributed by atoms with Crippen LogP contribution in [0.2, 0.25) is 0 Å². The van der Waals surface area contributed by atoms with E-state index in [2.05, 4.69) is 33.0 Å². The van der Waals surface area contributed by atoms with E-state index in [1.165, 1.54) is 0 Å². The fraction of sp³-hybridized carbons (Fsp3) is 0.588. The summed E-state index contributed by atoms with van der Waals surface area (Å²) < 4.78 is 0. The van der Waals surface area contributed by atoms with E-state index in [-0.39, 0.29) is 5.91 Å². The molecule has 0 spiro atoms. The summed E-state index contributed by atoms with van der Waals surface area (Å²) in [6.07, 6.45) is 0.740. The van der Waals surface area contributed by atoms with Crippen molar-refractivity contribution >= 4 is 5.91 Å². The van der Waals surface area contributed by atoms with Gasteiger partial charge in [-0.2, -0.15) is 0 Å². The molecule has 1 amide bonds. The van der Waals surface area contributed by atoms with E-state index >= 15 is 0 Å². The fourth-order valence-electron chi connectivity index (χ4n) is 3.25. The maximum Gasteiger partial charge on any atom is 0.251 e. The Balaban J connectivity index is 2.00. The first-order valence-electron chi connectivity index (χ1n) is 7.38. The molecule has 1 aromatic rings. The van der Waals surface area contributed by atoms with Crippen molar-refractivity contribution < 1.29 is 4.79 Å². The molecule has 0 bridgehead atoms. The van der Waals surface area contributed by atoms with Crippen LogP contribution in [-0.2, 0) is 6.42 Å². The number of rotatable bonds is 5. The van der Waals surface area contributed by atoms with Gasteiger partial charge in [0.05, 0.1) is 0 Å². The minimum atomic E-state index is 0.0209. The monoisotopic (exact) mass is 274 g/mol. The number of benzene rings is 1. The van der Waals surface area contributed by atoms with E-state index in [1.54, 1.807) is 0 Å². The van der Waals surface area contributed by atoms with E-state index in [1.807, 2.05) is 24.3 Å². The van der Waals surface area contributed by atoms with Gasteiger partial charge in [-0.15, -0.1) is 0 Å². The molecule has 3 nitrogen and oxygen atoms in total. The number of nitrogens with two attached hydrogens (primary N) is 1. The van der Waals surface area contributed by atoms with Crippen LogP contribution in [0.15, 0.2) is 24.3 Å². The smallest absolute Gasteiger partial charge is 0.251 e. The van der Waals surface area contributed by atoms with Crippen LogP contribution in [0.5, 0.6) is 0 Å². The van der Waals surface area contributed by atoms with Crippen LogP contribution in [-0.4, -0.2) is 19.0 Å². The van der Waals surface area contributed by atoms with Crippen molar-refractivity contribution in [2.24, 2.45) is 22.5 Å². The molecule has 2 rings (SSSR count). The van der Waals surface area contributed by atoms with E-state index in [4.69, 9.17) is 5.73 Å². The normalized spacial score (nSPS) is 19.6. The van der Waals surface area contributed by atoms with Crippen LogP contribution in [0.3, 0.4) is 0 Å². The maximum atomic E-state index is 12.3. The highest BCUT2D eigenvalue weighted by Crippen LogP contribution is 2.67. The quantitative estimate of drug-likeness (QED) is 0.867. The van der Waals surface area contributed by atoms with Crippen LogP contribution in [0, 0.1) is 16.7 Å². The Morgan fingerprint density at radius 2 is 1.80 bits per heavy atom. The third-order valence-electron chi connectivity index (χ3n) is 5.46. The van der Waals surface area contributed by atoms with Crippen LogP contribution in [0.4, 0.5) is 0 Å². The molecular weight excluding hydrogens is 248 g/mol. The standard InChI is InChI=1S/C17H26N2O/c1-16(2)14(17(16,3)4)11-19-15(20)13-8-6-5-7-12(13)9-10-18/h5-8,14H,9-11,18H2,1-4H3,(H,19,20). The maximum absolute atomic E-state index is 12.3. The average Bonchev–Trinajstić information content (AvgIpc) is 2.78. The lowest BCUT2D eigenvalue weighted by Crippen LogP contribution is -2.28. The highest BCUT2D eigenvalue weighted by Gasteiger charge is 2.64. The molecule has 0 radical (unpaired) electrons. The van der Waals surface area contributed by atoms with Crippen molar-refractivity contribution in [3.8, 4) is 0 Å². The molecule has 0 unspecified atom stereocenters. The summed E-state index contributed by atoms with van der Waals surface area (Å²) in [5.74, 6) is 0.563. The van der Waals surface area contributed by atoms with E-state index in [9.17, 15) is 4.79 Å². The molecule has 3 N–H and O–H groups in total. The molecular formula is C17H26N2O. The summed E-state index contributed by atoms with van der Waals surface area (Å²) in [5, 5.41) is 3.09. The molecule has 0 heterocycles. The Hall–Kier alpha value is -1.35. The number of hydrogen-bond donors (Lipinski definition) is 2. The number of nitrogens with one attached hydrogen (secondary N) is 1. The number of amides is 1. The Bertz CT molecular complexity index is 491. The molecule has 0 aromatic heterocycles. The lowest BCUT2D eigenvalue weighted by atomic mass is 10.0. The Morgan fingerprint density at radius 1 is 1.20 bits per heavy atom. The van der Waals surface area contributed by atoms with Crippen LogP contribution >= 0.6 is 0 Å². The zero-order chi connectivity index (χ0) is 15.0. The van der Waals surface area contributed by atoms with Gasteiger partial charge in [0.1, 0.15) is 0 Å².